The number of nitrogens with one attached hydrogen (secondary N) is 1. The first kappa shape index (κ1) is 17.7. The van der Waals surface area contributed by atoms with Gasteiger partial charge in [0.1, 0.15) is 0 Å². The molecule has 0 aliphatic carbocycles. The molecule has 0 spiro atoms. The molecular weight excluding hydrogens is 375 g/mol. The summed E-state index contributed by atoms with van der Waals surface area (Å²) in [4.78, 5) is 17.6. The number of carbonyl (C=O) groups is 1. The first-order valence-electron chi connectivity index (χ1n) is 7.50. The summed E-state index contributed by atoms with van der Waals surface area (Å²) >= 11 is 13.4. The molecule has 126 valence electrons. The molecule has 1 aromatic heterocycles. The molecule has 1 heterocycles. The number of benzene rings is 2. The van der Waals surface area contributed by atoms with Crippen molar-refractivity contribution in [1.29, 1.82) is 0 Å². The molecule has 25 heavy (non-hydrogen) atoms. The van der Waals surface area contributed by atoms with Gasteiger partial charge >= 0.3 is 0 Å². The number of aryl methyl sites for hydroxylation is 1. The Morgan fingerprint density at radius 3 is 2.56 bits per heavy atom. The lowest BCUT2D eigenvalue weighted by Crippen LogP contribution is -2.07. The van der Waals surface area contributed by atoms with E-state index in [1.54, 1.807) is 12.1 Å². The van der Waals surface area contributed by atoms with Crippen molar-refractivity contribution in [3.05, 3.63) is 75.1 Å². The molecule has 0 saturated carbocycles. The highest BCUT2D eigenvalue weighted by Gasteiger charge is 2.11. The molecule has 3 rings (SSSR count). The molecule has 0 atom stereocenters. The fourth-order valence-electron chi connectivity index (χ4n) is 2.25. The molecule has 0 fully saturated rings. The summed E-state index contributed by atoms with van der Waals surface area (Å²) in [7, 11) is 0. The number of thiazole rings is 1. The minimum atomic E-state index is -0.253. The van der Waals surface area contributed by atoms with Crippen molar-refractivity contribution in [2.75, 3.05) is 5.32 Å². The molecule has 0 saturated heterocycles. The highest BCUT2D eigenvalue weighted by atomic mass is 35.5. The van der Waals surface area contributed by atoms with E-state index in [0.29, 0.717) is 15.2 Å². The number of hydrogen-bond donors (Lipinski definition) is 1. The van der Waals surface area contributed by atoms with Crippen molar-refractivity contribution >= 4 is 51.7 Å². The fourth-order valence-corrected chi connectivity index (χ4v) is 3.41. The Bertz CT molecular complexity index is 933. The predicted octanol–water partition coefficient (Wildman–Crippen LogP) is 6.08. The standard InChI is InChI=1S/C19H14Cl2N2OS/c1-12-18(14-6-9-15(20)10-7-14)23-19(25-12)22-17(24)11-8-13-4-2-3-5-16(13)21/h2-11H,1H3,(H,22,23,24)/b11-8+. The zero-order chi connectivity index (χ0) is 17.8. The van der Waals surface area contributed by atoms with E-state index in [1.807, 2.05) is 49.4 Å². The zero-order valence-electron chi connectivity index (χ0n) is 13.3. The van der Waals surface area contributed by atoms with Crippen LogP contribution in [0.15, 0.2) is 54.6 Å². The molecule has 0 aliphatic heterocycles. The van der Waals surface area contributed by atoms with Crippen molar-refractivity contribution < 1.29 is 4.79 Å². The van der Waals surface area contributed by atoms with Crippen LogP contribution in [0.1, 0.15) is 10.4 Å². The van der Waals surface area contributed by atoms with E-state index in [0.717, 1.165) is 21.7 Å². The number of aromatic nitrogens is 1. The molecule has 0 unspecified atom stereocenters. The summed E-state index contributed by atoms with van der Waals surface area (Å²) in [5, 5.41) is 4.61. The van der Waals surface area contributed by atoms with Crippen LogP contribution in [0.2, 0.25) is 10.0 Å². The van der Waals surface area contributed by atoms with Crippen molar-refractivity contribution in [2.45, 2.75) is 6.92 Å². The summed E-state index contributed by atoms with van der Waals surface area (Å²) < 4.78 is 0. The van der Waals surface area contributed by atoms with Gasteiger partial charge < -0.3 is 0 Å². The second kappa shape index (κ2) is 7.83. The van der Waals surface area contributed by atoms with Gasteiger partial charge in [0, 0.05) is 26.6 Å². The first-order chi connectivity index (χ1) is 12.0. The molecule has 1 N–H and O–H groups in total. The highest BCUT2D eigenvalue weighted by molar-refractivity contribution is 7.16. The van der Waals surface area contributed by atoms with Crippen molar-refractivity contribution in [1.82, 2.24) is 4.98 Å². The lowest BCUT2D eigenvalue weighted by molar-refractivity contribution is -0.111. The summed E-state index contributed by atoms with van der Waals surface area (Å²) in [6.45, 7) is 1.97. The van der Waals surface area contributed by atoms with Gasteiger partial charge in [0.15, 0.2) is 5.13 Å². The average Bonchev–Trinajstić information content (AvgIpc) is 2.95. The second-order valence-electron chi connectivity index (χ2n) is 5.27. The molecule has 3 nitrogen and oxygen atoms in total. The van der Waals surface area contributed by atoms with Crippen LogP contribution < -0.4 is 5.32 Å². The Balaban J connectivity index is 1.73. The van der Waals surface area contributed by atoms with Crippen LogP contribution in [0, 0.1) is 6.92 Å². The van der Waals surface area contributed by atoms with Crippen molar-refractivity contribution in [3.8, 4) is 11.3 Å². The van der Waals surface area contributed by atoms with Crippen LogP contribution in [-0.2, 0) is 4.79 Å². The number of amides is 1. The van der Waals surface area contributed by atoms with Gasteiger partial charge in [-0.2, -0.15) is 0 Å². The number of anilines is 1. The first-order valence-corrected chi connectivity index (χ1v) is 9.07. The van der Waals surface area contributed by atoms with Crippen LogP contribution in [0.25, 0.3) is 17.3 Å². The molecule has 6 heteroatoms. The predicted molar refractivity (Wildman–Crippen MR) is 106 cm³/mol. The Morgan fingerprint density at radius 1 is 1.12 bits per heavy atom. The molecular formula is C19H14Cl2N2OS. The Labute approximate surface area is 159 Å². The summed E-state index contributed by atoms with van der Waals surface area (Å²) in [5.74, 6) is -0.253. The van der Waals surface area contributed by atoms with Gasteiger partial charge in [0.05, 0.1) is 5.69 Å². The van der Waals surface area contributed by atoms with Gasteiger partial charge in [-0.3, -0.25) is 10.1 Å². The van der Waals surface area contributed by atoms with E-state index < -0.39 is 0 Å². The van der Waals surface area contributed by atoms with Gasteiger partial charge in [0.25, 0.3) is 0 Å². The number of nitrogens with zero attached hydrogens (tertiary/aromatic N) is 1. The Morgan fingerprint density at radius 2 is 1.84 bits per heavy atom. The topological polar surface area (TPSA) is 42.0 Å². The third kappa shape index (κ3) is 4.48. The van der Waals surface area contributed by atoms with E-state index in [9.17, 15) is 4.79 Å². The van der Waals surface area contributed by atoms with Crippen LogP contribution in [0.3, 0.4) is 0 Å². The summed E-state index contributed by atoms with van der Waals surface area (Å²) in [5.41, 5.74) is 2.59. The lowest BCUT2D eigenvalue weighted by Gasteiger charge is -1.99. The van der Waals surface area contributed by atoms with Gasteiger partial charge in [0.2, 0.25) is 5.91 Å². The number of halogens is 2. The normalized spacial score (nSPS) is 11.0. The van der Waals surface area contributed by atoms with Crippen LogP contribution >= 0.6 is 34.5 Å². The van der Waals surface area contributed by atoms with E-state index >= 15 is 0 Å². The van der Waals surface area contributed by atoms with E-state index in [-0.39, 0.29) is 5.91 Å². The fraction of sp³-hybridized carbons (Fsp3) is 0.0526. The Kier molecular flexibility index (Phi) is 5.53. The van der Waals surface area contributed by atoms with E-state index in [2.05, 4.69) is 10.3 Å². The highest BCUT2D eigenvalue weighted by Crippen LogP contribution is 2.31. The van der Waals surface area contributed by atoms with E-state index in [4.69, 9.17) is 23.2 Å². The maximum absolute atomic E-state index is 12.1. The smallest absolute Gasteiger partial charge is 0.250 e. The van der Waals surface area contributed by atoms with Crippen LogP contribution in [0.5, 0.6) is 0 Å². The van der Waals surface area contributed by atoms with Crippen molar-refractivity contribution in [2.24, 2.45) is 0 Å². The maximum Gasteiger partial charge on any atom is 0.250 e. The summed E-state index contributed by atoms with van der Waals surface area (Å²) in [6, 6.07) is 14.8. The van der Waals surface area contributed by atoms with Gasteiger partial charge in [-0.15, -0.1) is 11.3 Å². The largest absolute Gasteiger partial charge is 0.298 e. The quantitative estimate of drug-likeness (QED) is 0.550. The van der Waals surface area contributed by atoms with Gasteiger partial charge in [-0.1, -0.05) is 53.5 Å². The Hall–Kier alpha value is -2.14. The zero-order valence-corrected chi connectivity index (χ0v) is 15.6. The molecule has 0 radical (unpaired) electrons. The lowest BCUT2D eigenvalue weighted by atomic mass is 10.1. The average molecular weight is 389 g/mol. The van der Waals surface area contributed by atoms with Crippen LogP contribution in [-0.4, -0.2) is 10.9 Å². The number of hydrogen-bond acceptors (Lipinski definition) is 3. The molecule has 1 amide bonds. The molecule has 2 aromatic carbocycles. The number of carbonyl (C=O) groups excluding carboxylic acids is 1. The van der Waals surface area contributed by atoms with Gasteiger partial charge in [-0.25, -0.2) is 4.98 Å². The minimum absolute atomic E-state index is 0.253. The second-order valence-corrected chi connectivity index (χ2v) is 7.32. The third-order valence-electron chi connectivity index (χ3n) is 3.46. The van der Waals surface area contributed by atoms with E-state index in [1.165, 1.54) is 17.4 Å². The SMILES string of the molecule is Cc1sc(NC(=O)/C=C/c2ccccc2Cl)nc1-c1ccc(Cl)cc1. The van der Waals surface area contributed by atoms with Crippen molar-refractivity contribution in [3.63, 3.8) is 0 Å². The molecule has 0 aliphatic rings. The van der Waals surface area contributed by atoms with Crippen LogP contribution in [0.4, 0.5) is 5.13 Å². The minimum Gasteiger partial charge on any atom is -0.298 e. The third-order valence-corrected chi connectivity index (χ3v) is 4.95. The van der Waals surface area contributed by atoms with Gasteiger partial charge in [-0.05, 0) is 36.8 Å². The summed E-state index contributed by atoms with van der Waals surface area (Å²) in [6.07, 6.45) is 3.12. The molecule has 3 aromatic rings. The monoisotopic (exact) mass is 388 g/mol. The number of rotatable bonds is 4. The molecule has 0 bridgehead atoms. The maximum atomic E-state index is 12.1.